The Morgan fingerprint density at radius 3 is 2.28 bits per heavy atom. The summed E-state index contributed by atoms with van der Waals surface area (Å²) in [4.78, 5) is 21.3. The fourth-order valence-electron chi connectivity index (χ4n) is 4.58. The van der Waals surface area contributed by atoms with Gasteiger partial charge in [-0.15, -0.1) is 11.3 Å². The van der Waals surface area contributed by atoms with Gasteiger partial charge in [-0.25, -0.2) is 13.4 Å². The normalized spacial score (nSPS) is 19.8. The molecule has 194 valence electrons. The van der Waals surface area contributed by atoms with E-state index < -0.39 is 10.0 Å². The van der Waals surface area contributed by atoms with E-state index in [2.05, 4.69) is 38.9 Å². The number of nitrogens with zero attached hydrogens (tertiary/aromatic N) is 3. The van der Waals surface area contributed by atoms with E-state index >= 15 is 0 Å². The first-order chi connectivity index (χ1) is 17.5. The van der Waals surface area contributed by atoms with E-state index in [9.17, 15) is 13.2 Å². The van der Waals surface area contributed by atoms with Crippen LogP contribution in [0.5, 0.6) is 0 Å². The third kappa shape index (κ3) is 6.32. The Hall–Kier alpha value is -2.75. The lowest BCUT2D eigenvalue weighted by molar-refractivity contribution is -0.121. The van der Waals surface area contributed by atoms with Crippen LogP contribution in [0.15, 0.2) is 71.1 Å². The van der Waals surface area contributed by atoms with E-state index in [0.29, 0.717) is 17.6 Å². The first kappa shape index (κ1) is 27.8. The van der Waals surface area contributed by atoms with Crippen LogP contribution in [0.4, 0.5) is 10.8 Å². The Morgan fingerprint density at radius 2 is 1.64 bits per heavy atom. The maximum absolute atomic E-state index is 13.2. The smallest absolute Gasteiger partial charge is 0.263 e. The van der Waals surface area contributed by atoms with Gasteiger partial charge in [0.2, 0.25) is 5.91 Å². The second-order valence-corrected chi connectivity index (χ2v) is 10.7. The number of aromatic nitrogens is 1. The number of thiazole rings is 1. The second-order valence-electron chi connectivity index (χ2n) is 8.12. The van der Waals surface area contributed by atoms with Gasteiger partial charge in [0.15, 0.2) is 5.13 Å². The molecule has 5 rings (SSSR count). The molecule has 1 aromatic heterocycles. The number of hydrogen-bond acceptors (Lipinski definition) is 6. The molecular formula is C27H36N4O3S2. The number of sulfonamides is 1. The molecule has 0 spiro atoms. The number of hydrogen-bond donors (Lipinski definition) is 1. The molecule has 2 aromatic carbocycles. The minimum atomic E-state index is -3.71. The summed E-state index contributed by atoms with van der Waals surface area (Å²) in [7, 11) is -3.71. The van der Waals surface area contributed by atoms with Crippen molar-refractivity contribution >= 4 is 38.1 Å². The molecule has 3 aromatic rings. The Balaban J connectivity index is 0.000000861. The Bertz CT molecular complexity index is 1180. The van der Waals surface area contributed by atoms with Gasteiger partial charge in [0.1, 0.15) is 0 Å². The van der Waals surface area contributed by atoms with Crippen molar-refractivity contribution in [2.75, 3.05) is 29.3 Å². The maximum atomic E-state index is 13.2. The van der Waals surface area contributed by atoms with E-state index in [1.807, 2.05) is 33.8 Å². The van der Waals surface area contributed by atoms with Crippen molar-refractivity contribution in [2.24, 2.45) is 0 Å². The molecule has 1 N–H and O–H groups in total. The molecule has 0 aliphatic carbocycles. The summed E-state index contributed by atoms with van der Waals surface area (Å²) in [5, 5.41) is 2.03. The molecule has 9 heteroatoms. The molecule has 3 heterocycles. The van der Waals surface area contributed by atoms with Gasteiger partial charge in [0.05, 0.1) is 10.9 Å². The minimum Gasteiger partial charge on any atom is -0.311 e. The molecule has 7 nitrogen and oxygen atoms in total. The molecule has 0 saturated carbocycles. The molecule has 1 amide bonds. The number of rotatable bonds is 6. The van der Waals surface area contributed by atoms with Crippen molar-refractivity contribution in [3.05, 3.63) is 71.7 Å². The van der Waals surface area contributed by atoms with E-state index in [-0.39, 0.29) is 16.8 Å². The van der Waals surface area contributed by atoms with Gasteiger partial charge in [-0.05, 0) is 55.1 Å². The molecule has 2 aliphatic heterocycles. The van der Waals surface area contributed by atoms with Crippen LogP contribution >= 0.6 is 11.3 Å². The summed E-state index contributed by atoms with van der Waals surface area (Å²) >= 11 is 1.22. The fraction of sp³-hybridized carbons (Fsp3) is 0.407. The topological polar surface area (TPSA) is 82.6 Å². The van der Waals surface area contributed by atoms with Crippen LogP contribution in [-0.2, 0) is 14.8 Å². The van der Waals surface area contributed by atoms with E-state index in [0.717, 1.165) is 31.6 Å². The van der Waals surface area contributed by atoms with Gasteiger partial charge < -0.3 is 4.90 Å². The van der Waals surface area contributed by atoms with Crippen molar-refractivity contribution in [3.8, 4) is 0 Å². The van der Waals surface area contributed by atoms with Crippen LogP contribution in [0.25, 0.3) is 0 Å². The molecule has 36 heavy (non-hydrogen) atoms. The number of amides is 1. The Kier molecular flexibility index (Phi) is 10.0. The highest BCUT2D eigenvalue weighted by Gasteiger charge is 2.39. The van der Waals surface area contributed by atoms with Gasteiger partial charge in [-0.1, -0.05) is 58.0 Å². The third-order valence-electron chi connectivity index (χ3n) is 6.22. The average Bonchev–Trinajstić information content (AvgIpc) is 3.69. The van der Waals surface area contributed by atoms with Gasteiger partial charge in [0.25, 0.3) is 10.0 Å². The first-order valence-electron chi connectivity index (χ1n) is 12.6. The average molecular weight is 529 g/mol. The molecule has 2 saturated heterocycles. The largest absolute Gasteiger partial charge is 0.311 e. The second kappa shape index (κ2) is 13.0. The zero-order valence-corrected chi connectivity index (χ0v) is 23.1. The van der Waals surface area contributed by atoms with E-state index in [4.69, 9.17) is 0 Å². The lowest BCUT2D eigenvalue weighted by Gasteiger charge is -2.23. The predicted octanol–water partition coefficient (Wildman–Crippen LogP) is 5.59. The summed E-state index contributed by atoms with van der Waals surface area (Å²) < 4.78 is 27.5. The van der Waals surface area contributed by atoms with Crippen molar-refractivity contribution in [2.45, 2.75) is 57.4 Å². The Labute approximate surface area is 219 Å². The van der Waals surface area contributed by atoms with Crippen LogP contribution < -0.4 is 9.62 Å². The summed E-state index contributed by atoms with van der Waals surface area (Å²) in [6.45, 7) is 10.5. The third-order valence-corrected chi connectivity index (χ3v) is 8.39. The number of carbonyl (C=O) groups excluding carboxylic acids is 1. The summed E-state index contributed by atoms with van der Waals surface area (Å²) in [6, 6.07) is 16.8. The van der Waals surface area contributed by atoms with Gasteiger partial charge in [0, 0.05) is 30.4 Å². The van der Waals surface area contributed by atoms with E-state index in [1.165, 1.54) is 29.0 Å². The number of anilines is 2. The number of likely N-dealkylation sites (tertiary alicyclic amines) is 1. The van der Waals surface area contributed by atoms with Crippen molar-refractivity contribution in [1.82, 2.24) is 9.88 Å². The van der Waals surface area contributed by atoms with Crippen molar-refractivity contribution < 1.29 is 13.2 Å². The van der Waals surface area contributed by atoms with Gasteiger partial charge >= 0.3 is 0 Å². The number of benzene rings is 2. The maximum Gasteiger partial charge on any atom is 0.263 e. The SMILES string of the molecule is CC.CC.O=C1C(N2CCC(c3ccccc3)C2)CCN1c1ccc(S(=O)(=O)Nc2nccs2)cc1. The lowest BCUT2D eigenvalue weighted by atomic mass is 9.99. The standard InChI is InChI=1S/C23H24N4O3S2.2C2H6/c28-22-21(26-13-10-18(16-26)17-4-2-1-3-5-17)11-14-27(22)19-6-8-20(9-7-19)32(29,30)25-23-24-12-15-31-23;2*1-2/h1-9,12,15,18,21H,10-11,13-14,16H2,(H,24,25);2*1-2H3. The van der Waals surface area contributed by atoms with Crippen molar-refractivity contribution in [3.63, 3.8) is 0 Å². The van der Waals surface area contributed by atoms with Gasteiger partial charge in [-0.2, -0.15) is 0 Å². The minimum absolute atomic E-state index is 0.0928. The molecular weight excluding hydrogens is 492 g/mol. The lowest BCUT2D eigenvalue weighted by Crippen LogP contribution is -2.40. The highest BCUT2D eigenvalue weighted by atomic mass is 32.2. The molecule has 0 radical (unpaired) electrons. The summed E-state index contributed by atoms with van der Waals surface area (Å²) in [5.74, 6) is 0.558. The molecule has 2 unspecified atom stereocenters. The van der Waals surface area contributed by atoms with Crippen LogP contribution in [0, 0.1) is 0 Å². The van der Waals surface area contributed by atoms with Crippen LogP contribution in [0.3, 0.4) is 0 Å². The Morgan fingerprint density at radius 1 is 0.944 bits per heavy atom. The van der Waals surface area contributed by atoms with E-state index in [1.54, 1.807) is 28.6 Å². The van der Waals surface area contributed by atoms with Crippen molar-refractivity contribution in [1.29, 1.82) is 0 Å². The first-order valence-corrected chi connectivity index (χ1v) is 15.0. The highest BCUT2D eigenvalue weighted by Crippen LogP contribution is 2.32. The van der Waals surface area contributed by atoms with Gasteiger partial charge in [-0.3, -0.25) is 14.4 Å². The molecule has 2 aliphatic rings. The zero-order valence-electron chi connectivity index (χ0n) is 21.4. The number of nitrogens with one attached hydrogen (secondary N) is 1. The summed E-state index contributed by atoms with van der Waals surface area (Å²) in [5.41, 5.74) is 2.06. The fourth-order valence-corrected chi connectivity index (χ4v) is 6.37. The molecule has 2 atom stereocenters. The highest BCUT2D eigenvalue weighted by molar-refractivity contribution is 7.93. The number of carbonyl (C=O) groups is 1. The molecule has 2 fully saturated rings. The van der Waals surface area contributed by atoms with Crippen LogP contribution in [-0.4, -0.2) is 49.9 Å². The zero-order chi connectivity index (χ0) is 26.1. The summed E-state index contributed by atoms with van der Waals surface area (Å²) in [6.07, 6.45) is 3.39. The monoisotopic (exact) mass is 528 g/mol. The quantitative estimate of drug-likeness (QED) is 0.451. The van der Waals surface area contributed by atoms with Crippen LogP contribution in [0.2, 0.25) is 0 Å². The molecule has 0 bridgehead atoms. The van der Waals surface area contributed by atoms with Crippen LogP contribution in [0.1, 0.15) is 52.0 Å². The predicted molar refractivity (Wildman–Crippen MR) is 148 cm³/mol.